The molecular weight excluding hydrogens is 461 g/mol. The van der Waals surface area contributed by atoms with Gasteiger partial charge in [-0.15, -0.1) is 0 Å². The number of aromatic nitrogens is 2. The van der Waals surface area contributed by atoms with Gasteiger partial charge in [-0.3, -0.25) is 0 Å². The first-order valence-corrected chi connectivity index (χ1v) is 11.2. The quantitative estimate of drug-likeness (QED) is 0.370. The van der Waals surface area contributed by atoms with Crippen molar-refractivity contribution in [2.75, 3.05) is 0 Å². The van der Waals surface area contributed by atoms with Gasteiger partial charge in [0.1, 0.15) is 0 Å². The van der Waals surface area contributed by atoms with Gasteiger partial charge >= 0.3 is 148 Å². The van der Waals surface area contributed by atoms with Gasteiger partial charge in [-0.1, -0.05) is 0 Å². The summed E-state index contributed by atoms with van der Waals surface area (Å²) in [6.07, 6.45) is -0.230. The average molecular weight is 472 g/mol. The first-order chi connectivity index (χ1) is 9.46. The molecule has 4 N–H and O–H groups in total. The van der Waals surface area contributed by atoms with Gasteiger partial charge in [-0.05, 0) is 0 Å². The summed E-state index contributed by atoms with van der Waals surface area (Å²) in [5.74, 6) is 0. The molecule has 1 aliphatic heterocycles. The molecule has 106 valence electrons. The monoisotopic (exact) mass is 472 g/mol. The van der Waals surface area contributed by atoms with Crippen LogP contribution < -0.4 is 11.2 Å². The van der Waals surface area contributed by atoms with Crippen molar-refractivity contribution in [2.45, 2.75) is 18.5 Å². The van der Waals surface area contributed by atoms with Gasteiger partial charge in [0, 0.05) is 0 Å². The van der Waals surface area contributed by atoms with Crippen LogP contribution in [0, 0.1) is 0 Å². The average Bonchev–Trinajstić information content (AvgIpc) is 2.65. The van der Waals surface area contributed by atoms with Crippen molar-refractivity contribution in [3.63, 3.8) is 0 Å². The summed E-state index contributed by atoms with van der Waals surface area (Å²) in [7, 11) is 0. The summed E-state index contributed by atoms with van der Waals surface area (Å²) < 4.78 is 15.0. The molecule has 0 aliphatic carbocycles. The Morgan fingerprint density at radius 1 is 1.50 bits per heavy atom. The molecule has 0 saturated carbocycles. The SMILES string of the molecule is O=c1ccn([C@]2(C=CBr)O[C@H]([Ba][OH])[C@@H](O)[C@H]2O)c(=O)[nH]1. The molecule has 1 aromatic rings. The zero-order valence-electron chi connectivity index (χ0n) is 10.1. The summed E-state index contributed by atoms with van der Waals surface area (Å²) in [4.78, 5) is 26.4. The molecule has 0 unspecified atom stereocenters. The van der Waals surface area contributed by atoms with Gasteiger partial charge in [0.25, 0.3) is 0 Å². The number of aromatic amines is 1. The maximum atomic E-state index is 11.9. The Morgan fingerprint density at radius 2 is 2.20 bits per heavy atom. The number of aliphatic hydroxyl groups is 2. The number of nitrogens with zero attached hydrogens (tertiary/aromatic N) is 1. The van der Waals surface area contributed by atoms with Crippen LogP contribution in [-0.4, -0.2) is 77.8 Å². The van der Waals surface area contributed by atoms with Crippen LogP contribution in [0.5, 0.6) is 0 Å². The molecule has 1 aliphatic rings. The van der Waals surface area contributed by atoms with E-state index in [4.69, 9.17) is 4.74 Å². The molecular formula is C10H11BaBrN2O6. The van der Waals surface area contributed by atoms with Gasteiger partial charge in [-0.25, -0.2) is 0 Å². The molecule has 10 heteroatoms. The van der Waals surface area contributed by atoms with Crippen molar-refractivity contribution >= 4 is 60.8 Å². The standard InChI is InChI=1S/C10H10BrN2O5.Ba.H2O/c11-3-2-10(8(16)6(14)5-18-10)13-4-1-7(15)12-9(13)17;;/h1-6,8,14,16H,(H,12,15,17);;1H2/q;+1;/p-1/t6-,8-,10-;;/m1../s1. The first-order valence-electron chi connectivity index (χ1n) is 5.71. The van der Waals surface area contributed by atoms with Crippen molar-refractivity contribution in [3.8, 4) is 0 Å². The van der Waals surface area contributed by atoms with Gasteiger partial charge in [-0.2, -0.15) is 0 Å². The summed E-state index contributed by atoms with van der Waals surface area (Å²) in [5.41, 5.74) is -3.04. The van der Waals surface area contributed by atoms with Gasteiger partial charge in [0.15, 0.2) is 0 Å². The zero-order chi connectivity index (χ0) is 14.9. The van der Waals surface area contributed by atoms with E-state index in [1.54, 1.807) is 0 Å². The Balaban J connectivity index is 2.62. The number of halogens is 1. The van der Waals surface area contributed by atoms with E-state index in [1.807, 2.05) is 0 Å². The molecule has 0 radical (unpaired) electrons. The molecule has 4 atom stereocenters. The number of nitrogens with one attached hydrogen (secondary N) is 1. The van der Waals surface area contributed by atoms with Crippen molar-refractivity contribution in [1.29, 1.82) is 0 Å². The molecule has 1 aromatic heterocycles. The number of ether oxygens (including phenoxy) is 1. The molecule has 0 spiro atoms. The Morgan fingerprint density at radius 3 is 2.70 bits per heavy atom. The second kappa shape index (κ2) is 6.60. The molecule has 0 aromatic carbocycles. The molecule has 1 fully saturated rings. The molecule has 1 saturated heterocycles. The van der Waals surface area contributed by atoms with Crippen LogP contribution in [0.15, 0.2) is 32.9 Å². The van der Waals surface area contributed by atoms with E-state index >= 15 is 0 Å². The third kappa shape index (κ3) is 2.79. The maximum absolute atomic E-state index is 11.9. The van der Waals surface area contributed by atoms with E-state index in [0.29, 0.717) is 0 Å². The van der Waals surface area contributed by atoms with Crippen LogP contribution in [0.25, 0.3) is 0 Å². The summed E-state index contributed by atoms with van der Waals surface area (Å²) in [5, 5.41) is 20.1. The van der Waals surface area contributed by atoms with Crippen LogP contribution in [0.1, 0.15) is 0 Å². The van der Waals surface area contributed by atoms with Crippen LogP contribution in [0.3, 0.4) is 0 Å². The Labute approximate surface area is 146 Å². The fourth-order valence-corrected chi connectivity index (χ4v) is 5.11. The number of hydrogen-bond acceptors (Lipinski definition) is 6. The van der Waals surface area contributed by atoms with Crippen molar-refractivity contribution in [1.82, 2.24) is 9.55 Å². The first kappa shape index (κ1) is 16.7. The third-order valence-corrected chi connectivity index (χ3v) is 6.58. The van der Waals surface area contributed by atoms with Gasteiger partial charge < -0.3 is 0 Å². The second-order valence-electron chi connectivity index (χ2n) is 4.30. The zero-order valence-corrected chi connectivity index (χ0v) is 16.2. The Bertz CT molecular complexity index is 631. The molecule has 2 rings (SSSR count). The Hall–Kier alpha value is 0.311. The summed E-state index contributed by atoms with van der Waals surface area (Å²) in [6.45, 7) is 0. The van der Waals surface area contributed by atoms with Crippen molar-refractivity contribution in [3.05, 3.63) is 44.2 Å². The van der Waals surface area contributed by atoms with Crippen LogP contribution in [0.2, 0.25) is 0 Å². The Kier molecular flexibility index (Phi) is 5.51. The molecule has 0 bridgehead atoms. The van der Waals surface area contributed by atoms with E-state index in [1.165, 1.54) is 17.3 Å². The predicted octanol–water partition coefficient (Wildman–Crippen LogP) is -2.21. The minimum absolute atomic E-state index is 0.587. The van der Waals surface area contributed by atoms with Gasteiger partial charge in [0.2, 0.25) is 0 Å². The molecule has 20 heavy (non-hydrogen) atoms. The second-order valence-corrected chi connectivity index (χ2v) is 8.50. The van der Waals surface area contributed by atoms with Crippen LogP contribution in [-0.2, 0) is 10.5 Å². The number of rotatable bonds is 3. The minimum atomic E-state index is -2.51. The third-order valence-electron chi connectivity index (χ3n) is 3.15. The van der Waals surface area contributed by atoms with E-state index in [-0.39, 0.29) is 0 Å². The van der Waals surface area contributed by atoms with E-state index in [2.05, 4.69) is 20.9 Å². The van der Waals surface area contributed by atoms with E-state index in [0.717, 1.165) is 10.6 Å². The molecule has 2 heterocycles. The summed E-state index contributed by atoms with van der Waals surface area (Å²) >= 11 is 0.526. The van der Waals surface area contributed by atoms with E-state index < -0.39 is 74.6 Å². The van der Waals surface area contributed by atoms with Crippen LogP contribution in [0.4, 0.5) is 0 Å². The number of H-pyrrole nitrogens is 1. The van der Waals surface area contributed by atoms with Gasteiger partial charge in [0.05, 0.1) is 0 Å². The number of hydrogen-bond donors (Lipinski definition) is 4. The summed E-state index contributed by atoms with van der Waals surface area (Å²) in [6, 6.07) is 1.10. The fraction of sp³-hybridized carbons (Fsp3) is 0.400. The fourth-order valence-electron chi connectivity index (χ4n) is 2.18. The predicted molar refractivity (Wildman–Crippen MR) is 72.2 cm³/mol. The van der Waals surface area contributed by atoms with E-state index in [9.17, 15) is 20.2 Å². The van der Waals surface area contributed by atoms with Crippen LogP contribution >= 0.6 is 15.9 Å². The van der Waals surface area contributed by atoms with Crippen molar-refractivity contribution in [2.24, 2.45) is 0 Å². The molecule has 8 nitrogen and oxygen atoms in total. The normalized spacial score (nSPS) is 33.5. The number of aliphatic hydroxyl groups excluding tert-OH is 2. The topological polar surface area (TPSA) is 125 Å². The molecule has 0 amide bonds. The van der Waals surface area contributed by atoms with Crippen molar-refractivity contribution < 1.29 is 15.4 Å².